The summed E-state index contributed by atoms with van der Waals surface area (Å²) in [6.07, 6.45) is 6.60. The molecule has 6 nitrogen and oxygen atoms in total. The van der Waals surface area contributed by atoms with Crippen LogP contribution in [0.2, 0.25) is 0 Å². The molecule has 1 aliphatic heterocycles. The van der Waals surface area contributed by atoms with E-state index in [4.69, 9.17) is 4.74 Å². The van der Waals surface area contributed by atoms with Crippen molar-refractivity contribution >= 4 is 27.2 Å². The number of anilines is 1. The summed E-state index contributed by atoms with van der Waals surface area (Å²) in [6.45, 7) is 1.30. The van der Waals surface area contributed by atoms with Crippen molar-refractivity contribution in [2.24, 2.45) is 0 Å². The lowest BCUT2D eigenvalue weighted by Crippen LogP contribution is -2.48. The van der Waals surface area contributed by atoms with Crippen LogP contribution in [-0.4, -0.2) is 51.0 Å². The number of rotatable bonds is 7. The molecule has 0 bridgehead atoms. The molecule has 0 amide bonds. The van der Waals surface area contributed by atoms with Crippen LogP contribution < -0.4 is 9.62 Å². The van der Waals surface area contributed by atoms with E-state index in [2.05, 4.69) is 44.9 Å². The Hall–Kier alpha value is -1.48. The molecule has 8 heteroatoms. The smallest absolute Gasteiger partial charge is 0.209 e. The average Bonchev–Trinajstić information content (AvgIpc) is 3.36. The molecule has 4 rings (SSSR count). The molecule has 1 saturated carbocycles. The zero-order chi connectivity index (χ0) is 20.3. The Balaban J connectivity index is 1.36. The van der Waals surface area contributed by atoms with Crippen molar-refractivity contribution in [1.29, 1.82) is 0 Å². The molecule has 29 heavy (non-hydrogen) atoms. The first-order chi connectivity index (χ1) is 14.0. The molecule has 1 N–H and O–H groups in total. The highest BCUT2D eigenvalue weighted by molar-refractivity contribution is 7.88. The fraction of sp³-hybridized carbons (Fsp3) is 0.571. The summed E-state index contributed by atoms with van der Waals surface area (Å²) >= 11 is 1.55. The Kier molecular flexibility index (Phi) is 6.53. The van der Waals surface area contributed by atoms with Gasteiger partial charge >= 0.3 is 0 Å². The van der Waals surface area contributed by atoms with Crippen molar-refractivity contribution in [2.45, 2.75) is 56.2 Å². The molecule has 0 radical (unpaired) electrons. The van der Waals surface area contributed by atoms with Gasteiger partial charge in [0.05, 0.1) is 30.5 Å². The average molecular weight is 436 g/mol. The summed E-state index contributed by atoms with van der Waals surface area (Å²) in [6, 6.07) is 10.6. The minimum absolute atomic E-state index is 0.0290. The molecule has 1 aromatic carbocycles. The van der Waals surface area contributed by atoms with Crippen LogP contribution in [0.25, 0.3) is 0 Å². The van der Waals surface area contributed by atoms with Crippen molar-refractivity contribution in [2.75, 3.05) is 24.3 Å². The quantitative estimate of drug-likeness (QED) is 0.722. The molecule has 2 aromatic rings. The van der Waals surface area contributed by atoms with Gasteiger partial charge in [-0.15, -0.1) is 11.3 Å². The van der Waals surface area contributed by atoms with Gasteiger partial charge in [0.25, 0.3) is 0 Å². The summed E-state index contributed by atoms with van der Waals surface area (Å²) in [7, 11) is -3.26. The van der Waals surface area contributed by atoms with Gasteiger partial charge in [-0.25, -0.2) is 18.1 Å². The van der Waals surface area contributed by atoms with Gasteiger partial charge in [0.15, 0.2) is 0 Å². The Labute approximate surface area is 177 Å². The fourth-order valence-electron chi connectivity index (χ4n) is 4.63. The number of aromatic nitrogens is 1. The number of hydrogen-bond acceptors (Lipinski definition) is 6. The lowest BCUT2D eigenvalue weighted by molar-refractivity contribution is 0.0156. The van der Waals surface area contributed by atoms with Crippen LogP contribution in [0.5, 0.6) is 0 Å². The fourth-order valence-corrected chi connectivity index (χ4v) is 6.00. The highest BCUT2D eigenvalue weighted by Gasteiger charge is 2.37. The van der Waals surface area contributed by atoms with Crippen LogP contribution in [0, 0.1) is 0 Å². The van der Waals surface area contributed by atoms with E-state index in [0.29, 0.717) is 12.5 Å². The van der Waals surface area contributed by atoms with Gasteiger partial charge in [0.2, 0.25) is 10.0 Å². The van der Waals surface area contributed by atoms with Gasteiger partial charge in [0, 0.05) is 18.0 Å². The summed E-state index contributed by atoms with van der Waals surface area (Å²) < 4.78 is 32.8. The van der Waals surface area contributed by atoms with Crippen LogP contribution >= 0.6 is 11.3 Å². The van der Waals surface area contributed by atoms with Crippen LogP contribution in [0.4, 0.5) is 5.82 Å². The van der Waals surface area contributed by atoms with Gasteiger partial charge in [-0.3, -0.25) is 0 Å². The van der Waals surface area contributed by atoms with Gasteiger partial charge < -0.3 is 9.64 Å². The van der Waals surface area contributed by atoms with E-state index < -0.39 is 10.0 Å². The standard InChI is InChI=1S/C21H29N3O3S2/c1-29(25,26)23-19-11-12-24(21-14-28-15-22-21)20(19)13-27-18-9-7-17(8-10-18)16-5-3-2-4-6-16/h2-6,14-15,17-20,23H,7-13H2,1H3/t17-,18+,19-,20-/m0/s1. The Bertz CT molecular complexity index is 866. The number of benzene rings is 1. The Morgan fingerprint density at radius 2 is 1.93 bits per heavy atom. The highest BCUT2D eigenvalue weighted by Crippen LogP contribution is 2.34. The molecule has 158 valence electrons. The number of nitrogens with zero attached hydrogens (tertiary/aromatic N) is 2. The third-order valence-corrected chi connectivity index (χ3v) is 7.38. The molecule has 2 atom stereocenters. The monoisotopic (exact) mass is 435 g/mol. The lowest BCUT2D eigenvalue weighted by Gasteiger charge is -2.33. The zero-order valence-corrected chi connectivity index (χ0v) is 18.4. The maximum atomic E-state index is 11.8. The first-order valence-electron chi connectivity index (χ1n) is 10.3. The number of ether oxygens (including phenoxy) is 1. The number of hydrogen-bond donors (Lipinski definition) is 1. The first kappa shape index (κ1) is 20.8. The summed E-state index contributed by atoms with van der Waals surface area (Å²) in [5, 5.41) is 2.01. The number of sulfonamides is 1. The molecular weight excluding hydrogens is 406 g/mol. The second-order valence-electron chi connectivity index (χ2n) is 8.11. The van der Waals surface area contributed by atoms with Gasteiger partial charge in [-0.1, -0.05) is 30.3 Å². The third-order valence-electron chi connectivity index (χ3n) is 6.07. The molecule has 2 heterocycles. The second kappa shape index (κ2) is 9.12. The predicted molar refractivity (Wildman–Crippen MR) is 117 cm³/mol. The number of thiazole rings is 1. The van der Waals surface area contributed by atoms with E-state index in [1.54, 1.807) is 11.3 Å². The van der Waals surface area contributed by atoms with Crippen LogP contribution in [0.3, 0.4) is 0 Å². The molecule has 2 fully saturated rings. The molecular formula is C21H29N3O3S2. The van der Waals surface area contributed by atoms with Crippen molar-refractivity contribution in [3.63, 3.8) is 0 Å². The topological polar surface area (TPSA) is 71.5 Å². The zero-order valence-electron chi connectivity index (χ0n) is 16.7. The van der Waals surface area contributed by atoms with Crippen molar-refractivity contribution in [3.05, 3.63) is 46.8 Å². The summed E-state index contributed by atoms with van der Waals surface area (Å²) in [5.41, 5.74) is 3.24. The van der Waals surface area contributed by atoms with E-state index in [0.717, 1.165) is 44.5 Å². The van der Waals surface area contributed by atoms with Crippen LogP contribution in [0.15, 0.2) is 41.2 Å². The van der Waals surface area contributed by atoms with E-state index in [9.17, 15) is 8.42 Å². The molecule has 0 spiro atoms. The maximum Gasteiger partial charge on any atom is 0.209 e. The van der Waals surface area contributed by atoms with Crippen LogP contribution in [0.1, 0.15) is 43.6 Å². The predicted octanol–water partition coefficient (Wildman–Crippen LogP) is 3.38. The van der Waals surface area contributed by atoms with E-state index in [1.165, 1.54) is 11.8 Å². The summed E-state index contributed by atoms with van der Waals surface area (Å²) in [5.74, 6) is 1.53. The first-order valence-corrected chi connectivity index (χ1v) is 13.1. The molecule has 1 aliphatic carbocycles. The molecule has 0 unspecified atom stereocenters. The van der Waals surface area contributed by atoms with Gasteiger partial charge in [-0.2, -0.15) is 0 Å². The summed E-state index contributed by atoms with van der Waals surface area (Å²) in [4.78, 5) is 6.62. The van der Waals surface area contributed by atoms with Gasteiger partial charge in [0.1, 0.15) is 5.82 Å². The molecule has 2 aliphatic rings. The minimum atomic E-state index is -3.26. The Morgan fingerprint density at radius 1 is 1.17 bits per heavy atom. The van der Waals surface area contributed by atoms with E-state index >= 15 is 0 Å². The molecule has 1 saturated heterocycles. The highest BCUT2D eigenvalue weighted by atomic mass is 32.2. The third kappa shape index (κ3) is 5.36. The molecule has 1 aromatic heterocycles. The SMILES string of the molecule is CS(=O)(=O)N[C@H]1CCN(c2cscn2)[C@H]1CO[C@H]1CC[C@@H](c2ccccc2)CC1. The second-order valence-corrected chi connectivity index (χ2v) is 10.6. The van der Waals surface area contributed by atoms with Crippen LogP contribution in [-0.2, 0) is 14.8 Å². The van der Waals surface area contributed by atoms with E-state index in [-0.39, 0.29) is 18.2 Å². The largest absolute Gasteiger partial charge is 0.376 e. The van der Waals surface area contributed by atoms with E-state index in [1.807, 2.05) is 10.9 Å². The normalized spacial score (nSPS) is 28.0. The Morgan fingerprint density at radius 3 is 2.59 bits per heavy atom. The minimum Gasteiger partial charge on any atom is -0.376 e. The van der Waals surface area contributed by atoms with Crippen molar-refractivity contribution in [1.82, 2.24) is 9.71 Å². The maximum absolute atomic E-state index is 11.8. The lowest BCUT2D eigenvalue weighted by atomic mass is 9.83. The van der Waals surface area contributed by atoms with Crippen molar-refractivity contribution < 1.29 is 13.2 Å². The van der Waals surface area contributed by atoms with Crippen molar-refractivity contribution in [3.8, 4) is 0 Å². The number of nitrogens with one attached hydrogen (secondary N) is 1. The van der Waals surface area contributed by atoms with Gasteiger partial charge in [-0.05, 0) is 43.6 Å².